The number of anilines is 1. The number of aromatic nitrogens is 2. The Morgan fingerprint density at radius 1 is 1.33 bits per heavy atom. The molecular formula is C13H18N4O. The summed E-state index contributed by atoms with van der Waals surface area (Å²) in [4.78, 5) is 14.5. The minimum Gasteiger partial charge on any atom is -0.395 e. The first-order valence-corrected chi connectivity index (χ1v) is 6.88. The molecule has 3 aliphatic rings. The smallest absolute Gasteiger partial charge is 0.276 e. The average Bonchev–Trinajstić information content (AvgIpc) is 2.84. The average molecular weight is 246 g/mol. The Kier molecular flexibility index (Phi) is 2.02. The number of likely N-dealkylation sites (tertiary alicyclic amines) is 1. The van der Waals surface area contributed by atoms with E-state index < -0.39 is 0 Å². The molecule has 1 aromatic heterocycles. The molecule has 1 saturated heterocycles. The SMILES string of the molecule is Nc1c(C(=O)N2CC3CCC2C3)n[nH]c1C1CC1. The number of nitrogen functional groups attached to an aromatic ring is 1. The molecule has 5 heteroatoms. The Labute approximate surface area is 106 Å². The number of rotatable bonds is 2. The molecule has 5 nitrogen and oxygen atoms in total. The zero-order valence-corrected chi connectivity index (χ0v) is 10.4. The molecule has 2 bridgehead atoms. The molecule has 1 amide bonds. The second-order valence-corrected chi connectivity index (χ2v) is 5.96. The number of hydrogen-bond donors (Lipinski definition) is 2. The fourth-order valence-corrected chi connectivity index (χ4v) is 3.52. The molecule has 3 fully saturated rings. The van der Waals surface area contributed by atoms with Crippen molar-refractivity contribution in [1.82, 2.24) is 15.1 Å². The van der Waals surface area contributed by atoms with Crippen LogP contribution in [0, 0.1) is 5.92 Å². The van der Waals surface area contributed by atoms with E-state index >= 15 is 0 Å². The van der Waals surface area contributed by atoms with Gasteiger partial charge >= 0.3 is 0 Å². The molecule has 18 heavy (non-hydrogen) atoms. The lowest BCUT2D eigenvalue weighted by Crippen LogP contribution is -2.38. The van der Waals surface area contributed by atoms with Crippen LogP contribution in [-0.4, -0.2) is 33.6 Å². The summed E-state index contributed by atoms with van der Waals surface area (Å²) < 4.78 is 0. The normalized spacial score (nSPS) is 30.1. The highest BCUT2D eigenvalue weighted by molar-refractivity contribution is 5.98. The molecule has 96 valence electrons. The first kappa shape index (κ1) is 10.4. The monoisotopic (exact) mass is 246 g/mol. The number of H-pyrrole nitrogens is 1. The lowest BCUT2D eigenvalue weighted by molar-refractivity contribution is 0.0698. The molecule has 2 unspecified atom stereocenters. The fraction of sp³-hybridized carbons (Fsp3) is 0.692. The summed E-state index contributed by atoms with van der Waals surface area (Å²) in [5.74, 6) is 1.25. The molecule has 0 spiro atoms. The topological polar surface area (TPSA) is 75.0 Å². The number of piperidine rings is 1. The summed E-state index contributed by atoms with van der Waals surface area (Å²) in [5, 5.41) is 7.13. The summed E-state index contributed by atoms with van der Waals surface area (Å²) in [6.45, 7) is 0.897. The van der Waals surface area contributed by atoms with Gasteiger partial charge in [-0.2, -0.15) is 5.10 Å². The number of carbonyl (C=O) groups is 1. The van der Waals surface area contributed by atoms with Gasteiger partial charge in [0.1, 0.15) is 0 Å². The molecule has 0 radical (unpaired) electrons. The molecule has 4 rings (SSSR count). The van der Waals surface area contributed by atoms with Crippen LogP contribution < -0.4 is 5.73 Å². The lowest BCUT2D eigenvalue weighted by atomic mass is 10.1. The number of amides is 1. The van der Waals surface area contributed by atoms with Crippen molar-refractivity contribution in [3.63, 3.8) is 0 Å². The predicted octanol–water partition coefficient (Wildman–Crippen LogP) is 1.49. The van der Waals surface area contributed by atoms with Gasteiger partial charge in [0.05, 0.1) is 11.4 Å². The van der Waals surface area contributed by atoms with Crippen LogP contribution in [0.3, 0.4) is 0 Å². The largest absolute Gasteiger partial charge is 0.395 e. The van der Waals surface area contributed by atoms with Gasteiger partial charge in [-0.3, -0.25) is 9.89 Å². The molecule has 1 aromatic rings. The third-order valence-corrected chi connectivity index (χ3v) is 4.69. The van der Waals surface area contributed by atoms with Crippen molar-refractivity contribution < 1.29 is 4.79 Å². The van der Waals surface area contributed by atoms with Gasteiger partial charge in [-0.25, -0.2) is 0 Å². The third-order valence-electron chi connectivity index (χ3n) is 4.69. The Hall–Kier alpha value is -1.52. The van der Waals surface area contributed by atoms with Crippen molar-refractivity contribution in [1.29, 1.82) is 0 Å². The predicted molar refractivity (Wildman–Crippen MR) is 67.1 cm³/mol. The second kappa shape index (κ2) is 3.49. The van der Waals surface area contributed by atoms with Crippen LogP contribution in [0.15, 0.2) is 0 Å². The first-order chi connectivity index (χ1) is 8.74. The van der Waals surface area contributed by atoms with E-state index in [1.807, 2.05) is 4.90 Å². The number of nitrogens with two attached hydrogens (primary N) is 1. The van der Waals surface area contributed by atoms with Crippen molar-refractivity contribution in [2.45, 2.75) is 44.1 Å². The highest BCUT2D eigenvalue weighted by Gasteiger charge is 2.42. The summed E-state index contributed by atoms with van der Waals surface area (Å²) in [6.07, 6.45) is 5.92. The summed E-state index contributed by atoms with van der Waals surface area (Å²) in [6, 6.07) is 0.433. The quantitative estimate of drug-likeness (QED) is 0.830. The van der Waals surface area contributed by atoms with Gasteiger partial charge in [0, 0.05) is 18.5 Å². The van der Waals surface area contributed by atoms with Crippen LogP contribution in [0.2, 0.25) is 0 Å². The third kappa shape index (κ3) is 1.39. The van der Waals surface area contributed by atoms with Gasteiger partial charge in [0.15, 0.2) is 5.69 Å². The van der Waals surface area contributed by atoms with E-state index in [9.17, 15) is 4.79 Å². The molecular weight excluding hydrogens is 228 g/mol. The summed E-state index contributed by atoms with van der Waals surface area (Å²) in [7, 11) is 0. The van der Waals surface area contributed by atoms with E-state index in [1.54, 1.807) is 0 Å². The van der Waals surface area contributed by atoms with E-state index in [-0.39, 0.29) is 5.91 Å². The maximum absolute atomic E-state index is 12.5. The summed E-state index contributed by atoms with van der Waals surface area (Å²) in [5.41, 5.74) is 8.08. The van der Waals surface area contributed by atoms with E-state index in [1.165, 1.54) is 12.8 Å². The molecule has 2 saturated carbocycles. The van der Waals surface area contributed by atoms with Crippen molar-refractivity contribution >= 4 is 11.6 Å². The van der Waals surface area contributed by atoms with Gasteiger partial charge in [-0.1, -0.05) is 0 Å². The Morgan fingerprint density at radius 3 is 2.78 bits per heavy atom. The van der Waals surface area contributed by atoms with Crippen LogP contribution >= 0.6 is 0 Å². The van der Waals surface area contributed by atoms with Crippen LogP contribution in [0.1, 0.15) is 54.2 Å². The Balaban J connectivity index is 1.61. The number of aromatic amines is 1. The van der Waals surface area contributed by atoms with Gasteiger partial charge in [0.2, 0.25) is 0 Å². The Bertz CT molecular complexity index is 505. The molecule has 2 heterocycles. The van der Waals surface area contributed by atoms with Gasteiger partial charge in [-0.15, -0.1) is 0 Å². The lowest BCUT2D eigenvalue weighted by Gasteiger charge is -2.26. The zero-order chi connectivity index (χ0) is 12.3. The Morgan fingerprint density at radius 2 is 2.17 bits per heavy atom. The van der Waals surface area contributed by atoms with Crippen molar-refractivity contribution in [3.8, 4) is 0 Å². The highest BCUT2D eigenvalue weighted by Crippen LogP contribution is 2.43. The van der Waals surface area contributed by atoms with E-state index in [0.29, 0.717) is 29.3 Å². The van der Waals surface area contributed by atoms with Gasteiger partial charge in [0.25, 0.3) is 5.91 Å². The van der Waals surface area contributed by atoms with E-state index in [0.717, 1.165) is 31.5 Å². The van der Waals surface area contributed by atoms with Gasteiger partial charge in [-0.05, 0) is 38.0 Å². The molecule has 3 N–H and O–H groups in total. The highest BCUT2D eigenvalue weighted by atomic mass is 16.2. The van der Waals surface area contributed by atoms with E-state index in [4.69, 9.17) is 5.73 Å². The number of fused-ring (bicyclic) bond motifs is 2. The molecule has 2 atom stereocenters. The van der Waals surface area contributed by atoms with Crippen LogP contribution in [-0.2, 0) is 0 Å². The zero-order valence-electron chi connectivity index (χ0n) is 10.4. The molecule has 2 aliphatic carbocycles. The van der Waals surface area contributed by atoms with Gasteiger partial charge < -0.3 is 10.6 Å². The number of hydrogen-bond acceptors (Lipinski definition) is 3. The maximum Gasteiger partial charge on any atom is 0.276 e. The van der Waals surface area contributed by atoms with Crippen molar-refractivity contribution in [2.24, 2.45) is 5.92 Å². The number of carbonyl (C=O) groups excluding carboxylic acids is 1. The first-order valence-electron chi connectivity index (χ1n) is 6.88. The van der Waals surface area contributed by atoms with Crippen LogP contribution in [0.4, 0.5) is 5.69 Å². The number of nitrogens with zero attached hydrogens (tertiary/aromatic N) is 2. The summed E-state index contributed by atoms with van der Waals surface area (Å²) >= 11 is 0. The van der Waals surface area contributed by atoms with E-state index in [2.05, 4.69) is 10.2 Å². The van der Waals surface area contributed by atoms with Crippen molar-refractivity contribution in [2.75, 3.05) is 12.3 Å². The molecule has 1 aliphatic heterocycles. The fourth-order valence-electron chi connectivity index (χ4n) is 3.52. The minimum atomic E-state index is 0.0304. The van der Waals surface area contributed by atoms with Crippen LogP contribution in [0.25, 0.3) is 0 Å². The van der Waals surface area contributed by atoms with Crippen molar-refractivity contribution in [3.05, 3.63) is 11.4 Å². The standard InChI is InChI=1S/C13H18N4O/c14-10-11(8-2-3-8)15-16-12(10)13(18)17-6-7-1-4-9(17)5-7/h7-9H,1-6,14H2,(H,15,16). The molecule has 0 aromatic carbocycles. The second-order valence-electron chi connectivity index (χ2n) is 5.96. The van der Waals surface area contributed by atoms with Crippen LogP contribution in [0.5, 0.6) is 0 Å². The number of nitrogens with one attached hydrogen (secondary N) is 1. The maximum atomic E-state index is 12.5. The minimum absolute atomic E-state index is 0.0304.